The molecule has 4 nitrogen and oxygen atoms in total. The number of nitrogens with zero attached hydrogens (tertiary/aromatic N) is 1. The summed E-state index contributed by atoms with van der Waals surface area (Å²) in [6.07, 6.45) is 2.87. The molecule has 0 heterocycles. The molecule has 0 spiro atoms. The molecule has 24 heavy (non-hydrogen) atoms. The van der Waals surface area contributed by atoms with E-state index in [-0.39, 0.29) is 12.0 Å². The van der Waals surface area contributed by atoms with Crippen molar-refractivity contribution < 1.29 is 9.53 Å². The first kappa shape index (κ1) is 18.0. The number of carbonyl (C=O) groups excluding carboxylic acids is 1. The zero-order chi connectivity index (χ0) is 17.4. The van der Waals surface area contributed by atoms with Crippen molar-refractivity contribution in [3.05, 3.63) is 64.7 Å². The minimum absolute atomic E-state index is 0.110. The Labute approximate surface area is 147 Å². The van der Waals surface area contributed by atoms with Crippen LogP contribution in [0.1, 0.15) is 31.4 Å². The fraction of sp³-hybridized carbons (Fsp3) is 0.263. The van der Waals surface area contributed by atoms with Gasteiger partial charge in [0.1, 0.15) is 5.75 Å². The molecule has 0 radical (unpaired) electrons. The summed E-state index contributed by atoms with van der Waals surface area (Å²) in [5, 5.41) is 4.48. The summed E-state index contributed by atoms with van der Waals surface area (Å²) in [7, 11) is 0. The van der Waals surface area contributed by atoms with Crippen LogP contribution in [0.3, 0.4) is 0 Å². The van der Waals surface area contributed by atoms with Gasteiger partial charge in [0.15, 0.2) is 0 Å². The second kappa shape index (κ2) is 9.08. The number of nitrogens with one attached hydrogen (secondary N) is 1. The largest absolute Gasteiger partial charge is 0.489 e. The summed E-state index contributed by atoms with van der Waals surface area (Å²) >= 11 is 6.21. The topological polar surface area (TPSA) is 50.7 Å². The predicted molar refractivity (Wildman–Crippen MR) is 97.7 cm³/mol. The van der Waals surface area contributed by atoms with E-state index in [1.807, 2.05) is 49.4 Å². The Balaban J connectivity index is 1.90. The van der Waals surface area contributed by atoms with Crippen LogP contribution in [0.5, 0.6) is 5.75 Å². The third-order valence-corrected chi connectivity index (χ3v) is 3.76. The summed E-state index contributed by atoms with van der Waals surface area (Å²) < 4.78 is 5.71. The molecule has 2 rings (SSSR count). The van der Waals surface area contributed by atoms with Gasteiger partial charge in [0.25, 0.3) is 0 Å². The molecule has 0 aliphatic heterocycles. The van der Waals surface area contributed by atoms with Crippen molar-refractivity contribution in [1.82, 2.24) is 5.43 Å². The molecule has 2 aromatic carbocycles. The number of carbonyl (C=O) groups is 1. The van der Waals surface area contributed by atoms with Crippen molar-refractivity contribution in [2.75, 3.05) is 0 Å². The zero-order valence-electron chi connectivity index (χ0n) is 13.8. The molecule has 126 valence electrons. The van der Waals surface area contributed by atoms with Gasteiger partial charge in [0.05, 0.1) is 23.8 Å². The molecule has 2 aromatic rings. The molecule has 0 aromatic heterocycles. The highest BCUT2D eigenvalue weighted by Gasteiger charge is 2.06. The number of ether oxygens (including phenoxy) is 1. The van der Waals surface area contributed by atoms with E-state index >= 15 is 0 Å². The number of rotatable bonds is 7. The summed E-state index contributed by atoms with van der Waals surface area (Å²) in [4.78, 5) is 11.8. The lowest BCUT2D eigenvalue weighted by molar-refractivity contribution is -0.120. The second-order valence-electron chi connectivity index (χ2n) is 5.48. The fourth-order valence-corrected chi connectivity index (χ4v) is 2.23. The fourth-order valence-electron chi connectivity index (χ4n) is 1.99. The van der Waals surface area contributed by atoms with E-state index in [1.54, 1.807) is 12.3 Å². The van der Waals surface area contributed by atoms with E-state index in [9.17, 15) is 4.79 Å². The van der Waals surface area contributed by atoms with E-state index in [4.69, 9.17) is 16.3 Å². The van der Waals surface area contributed by atoms with Gasteiger partial charge in [0.2, 0.25) is 5.91 Å². The van der Waals surface area contributed by atoms with E-state index < -0.39 is 0 Å². The number of amides is 1. The maximum absolute atomic E-state index is 11.8. The van der Waals surface area contributed by atoms with Crippen LogP contribution in [0.2, 0.25) is 5.02 Å². The van der Waals surface area contributed by atoms with Gasteiger partial charge in [-0.3, -0.25) is 4.79 Å². The molecule has 0 aliphatic carbocycles. The highest BCUT2D eigenvalue weighted by Crippen LogP contribution is 2.26. The Bertz CT molecular complexity index is 702. The standard InChI is InChI=1S/C19H21ClN2O2/c1-3-14(2)24-18-10-9-16(11-17(18)20)13-21-22-19(23)12-15-7-5-4-6-8-15/h4-11,13-14H,3,12H2,1-2H3,(H,22,23)/b21-13-/t14-/m1/s1. The quantitative estimate of drug-likeness (QED) is 0.604. The van der Waals surface area contributed by atoms with Crippen LogP contribution in [0.25, 0.3) is 0 Å². The van der Waals surface area contributed by atoms with E-state index in [1.165, 1.54) is 0 Å². The van der Waals surface area contributed by atoms with Crippen molar-refractivity contribution in [2.45, 2.75) is 32.8 Å². The van der Waals surface area contributed by atoms with Gasteiger partial charge >= 0.3 is 0 Å². The Morgan fingerprint density at radius 2 is 2.04 bits per heavy atom. The van der Waals surface area contributed by atoms with Crippen molar-refractivity contribution in [3.8, 4) is 5.75 Å². The first-order valence-corrected chi connectivity index (χ1v) is 8.28. The average Bonchev–Trinajstić information content (AvgIpc) is 2.58. The van der Waals surface area contributed by atoms with Gasteiger partial charge in [-0.05, 0) is 42.7 Å². The molecule has 1 N–H and O–H groups in total. The Hall–Kier alpha value is -2.33. The third kappa shape index (κ3) is 5.70. The molecule has 1 amide bonds. The van der Waals surface area contributed by atoms with Gasteiger partial charge in [-0.15, -0.1) is 0 Å². The van der Waals surface area contributed by atoms with Crippen LogP contribution in [0.15, 0.2) is 53.6 Å². The predicted octanol–water partition coefficient (Wildman–Crippen LogP) is 4.21. The van der Waals surface area contributed by atoms with E-state index in [0.717, 1.165) is 17.5 Å². The van der Waals surface area contributed by atoms with Gasteiger partial charge in [-0.1, -0.05) is 48.9 Å². The smallest absolute Gasteiger partial charge is 0.244 e. The van der Waals surface area contributed by atoms with Gasteiger partial charge in [0, 0.05) is 0 Å². The maximum atomic E-state index is 11.8. The first-order chi connectivity index (χ1) is 11.6. The van der Waals surface area contributed by atoms with Gasteiger partial charge in [-0.25, -0.2) is 5.43 Å². The number of hydrogen-bond donors (Lipinski definition) is 1. The monoisotopic (exact) mass is 344 g/mol. The van der Waals surface area contributed by atoms with Crippen LogP contribution in [0.4, 0.5) is 0 Å². The molecule has 0 saturated heterocycles. The second-order valence-corrected chi connectivity index (χ2v) is 5.89. The van der Waals surface area contributed by atoms with Crippen molar-refractivity contribution >= 4 is 23.7 Å². The average molecular weight is 345 g/mol. The van der Waals surface area contributed by atoms with Crippen LogP contribution >= 0.6 is 11.6 Å². The first-order valence-electron chi connectivity index (χ1n) is 7.90. The van der Waals surface area contributed by atoms with Crippen LogP contribution in [-0.2, 0) is 11.2 Å². The Morgan fingerprint density at radius 3 is 2.71 bits per heavy atom. The molecule has 5 heteroatoms. The molecule has 1 atom stereocenters. The highest BCUT2D eigenvalue weighted by molar-refractivity contribution is 6.32. The number of halogens is 1. The summed E-state index contributed by atoms with van der Waals surface area (Å²) in [5.74, 6) is 0.483. The number of hydrazone groups is 1. The van der Waals surface area contributed by atoms with Gasteiger partial charge < -0.3 is 4.74 Å². The molecular weight excluding hydrogens is 324 g/mol. The van der Waals surface area contributed by atoms with Crippen LogP contribution in [0, 0.1) is 0 Å². The van der Waals surface area contributed by atoms with Crippen LogP contribution in [-0.4, -0.2) is 18.2 Å². The normalized spacial score (nSPS) is 12.1. The lowest BCUT2D eigenvalue weighted by atomic mass is 10.1. The van der Waals surface area contributed by atoms with Crippen LogP contribution < -0.4 is 10.2 Å². The van der Waals surface area contributed by atoms with Crippen molar-refractivity contribution in [3.63, 3.8) is 0 Å². The van der Waals surface area contributed by atoms with Crippen molar-refractivity contribution in [2.24, 2.45) is 5.10 Å². The van der Waals surface area contributed by atoms with E-state index in [0.29, 0.717) is 17.2 Å². The minimum atomic E-state index is -0.166. The summed E-state index contributed by atoms with van der Waals surface area (Å²) in [6, 6.07) is 14.9. The Morgan fingerprint density at radius 1 is 1.29 bits per heavy atom. The molecule has 0 fully saturated rings. The van der Waals surface area contributed by atoms with Gasteiger partial charge in [-0.2, -0.15) is 5.10 Å². The maximum Gasteiger partial charge on any atom is 0.244 e. The third-order valence-electron chi connectivity index (χ3n) is 3.47. The highest BCUT2D eigenvalue weighted by atomic mass is 35.5. The lowest BCUT2D eigenvalue weighted by Crippen LogP contribution is -2.19. The summed E-state index contributed by atoms with van der Waals surface area (Å²) in [5.41, 5.74) is 4.24. The number of benzene rings is 2. The SMILES string of the molecule is CC[C@@H](C)Oc1ccc(/C=N\NC(=O)Cc2ccccc2)cc1Cl. The number of hydrogen-bond acceptors (Lipinski definition) is 3. The van der Waals surface area contributed by atoms with Crippen molar-refractivity contribution in [1.29, 1.82) is 0 Å². The van der Waals surface area contributed by atoms with E-state index in [2.05, 4.69) is 17.5 Å². The molecule has 0 aliphatic rings. The minimum Gasteiger partial charge on any atom is -0.489 e. The summed E-state index contributed by atoms with van der Waals surface area (Å²) in [6.45, 7) is 4.05. The molecular formula is C19H21ClN2O2. The Kier molecular flexibility index (Phi) is 6.82. The molecule has 0 saturated carbocycles. The zero-order valence-corrected chi connectivity index (χ0v) is 14.6. The molecule has 0 unspecified atom stereocenters. The lowest BCUT2D eigenvalue weighted by Gasteiger charge is -2.13. The molecule has 0 bridgehead atoms.